The number of nitrogens with one attached hydrogen (secondary N) is 2. The summed E-state index contributed by atoms with van der Waals surface area (Å²) in [6.07, 6.45) is 8.61. The van der Waals surface area contributed by atoms with Crippen molar-refractivity contribution in [3.63, 3.8) is 0 Å². The second-order valence-electron chi connectivity index (χ2n) is 10.0. The van der Waals surface area contributed by atoms with Crippen molar-refractivity contribution in [2.24, 2.45) is 0 Å². The van der Waals surface area contributed by atoms with Gasteiger partial charge in [0.05, 0.1) is 11.0 Å². The molecule has 1 aliphatic rings. The Morgan fingerprint density at radius 1 is 0.944 bits per heavy atom. The fraction of sp³-hybridized carbons (Fsp3) is 0.333. The van der Waals surface area contributed by atoms with Gasteiger partial charge in [-0.05, 0) is 85.9 Å². The number of benzene rings is 3. The number of likely N-dealkylation sites (N-methyl/N-ethyl adjacent to an activating group) is 1. The zero-order chi connectivity index (χ0) is 24.9. The van der Waals surface area contributed by atoms with Crippen molar-refractivity contribution in [2.45, 2.75) is 38.0 Å². The Labute approximate surface area is 213 Å². The van der Waals surface area contributed by atoms with E-state index < -0.39 is 0 Å². The number of hydrogen-bond donors (Lipinski definition) is 2. The lowest BCUT2D eigenvalue weighted by atomic mass is 9.84. The first-order valence-corrected chi connectivity index (χ1v) is 12.9. The predicted octanol–water partition coefficient (Wildman–Crippen LogP) is 6.42. The Morgan fingerprint density at radius 2 is 1.67 bits per heavy atom. The molecule has 0 atom stereocenters. The van der Waals surface area contributed by atoms with Crippen molar-refractivity contribution in [1.29, 1.82) is 0 Å². The molecular weight excluding hydrogens is 446 g/mol. The smallest absolute Gasteiger partial charge is 0.319 e. The minimum atomic E-state index is -0.190. The van der Waals surface area contributed by atoms with Gasteiger partial charge in [-0.1, -0.05) is 49.6 Å². The fourth-order valence-electron chi connectivity index (χ4n) is 5.05. The molecule has 5 rings (SSSR count). The number of aromatic nitrogens is 2. The van der Waals surface area contributed by atoms with E-state index >= 15 is 0 Å². The number of fused-ring (bicyclic) bond motifs is 1. The van der Waals surface area contributed by atoms with Crippen molar-refractivity contribution in [1.82, 2.24) is 19.8 Å². The Hall–Kier alpha value is -3.64. The molecule has 6 nitrogen and oxygen atoms in total. The molecule has 36 heavy (non-hydrogen) atoms. The van der Waals surface area contributed by atoms with Gasteiger partial charge in [-0.3, -0.25) is 4.57 Å². The van der Waals surface area contributed by atoms with Gasteiger partial charge in [-0.15, -0.1) is 0 Å². The summed E-state index contributed by atoms with van der Waals surface area (Å²) in [5.41, 5.74) is 7.63. The minimum Gasteiger partial charge on any atom is -0.337 e. The van der Waals surface area contributed by atoms with Crippen molar-refractivity contribution < 1.29 is 4.79 Å². The van der Waals surface area contributed by atoms with Gasteiger partial charge >= 0.3 is 6.03 Å². The first-order valence-electron chi connectivity index (χ1n) is 12.9. The maximum atomic E-state index is 12.1. The number of nitrogens with zero attached hydrogens (tertiary/aromatic N) is 3. The van der Waals surface area contributed by atoms with Crippen molar-refractivity contribution in [3.8, 4) is 16.8 Å². The Balaban J connectivity index is 1.31. The van der Waals surface area contributed by atoms with Crippen LogP contribution in [0, 0.1) is 0 Å². The first-order chi connectivity index (χ1) is 17.6. The Morgan fingerprint density at radius 3 is 2.39 bits per heavy atom. The average molecular weight is 482 g/mol. The van der Waals surface area contributed by atoms with E-state index in [1.165, 1.54) is 37.7 Å². The molecule has 0 bridgehead atoms. The highest BCUT2D eigenvalue weighted by Crippen LogP contribution is 2.33. The van der Waals surface area contributed by atoms with Gasteiger partial charge < -0.3 is 15.5 Å². The van der Waals surface area contributed by atoms with Crippen LogP contribution in [0.15, 0.2) is 73.1 Å². The first kappa shape index (κ1) is 24.1. The highest BCUT2D eigenvalue weighted by Gasteiger charge is 2.15. The quantitative estimate of drug-likeness (QED) is 0.320. The van der Waals surface area contributed by atoms with Crippen LogP contribution in [-0.2, 0) is 0 Å². The molecule has 1 aromatic heterocycles. The summed E-state index contributed by atoms with van der Waals surface area (Å²) in [5.74, 6) is 0.709. The molecule has 0 unspecified atom stereocenters. The van der Waals surface area contributed by atoms with Crippen molar-refractivity contribution in [3.05, 3.63) is 78.6 Å². The van der Waals surface area contributed by atoms with Crippen LogP contribution in [0.25, 0.3) is 27.8 Å². The van der Waals surface area contributed by atoms with Crippen LogP contribution in [0.1, 0.15) is 43.6 Å². The van der Waals surface area contributed by atoms with Gasteiger partial charge in [0.1, 0.15) is 6.33 Å². The number of rotatable bonds is 7. The zero-order valence-electron chi connectivity index (χ0n) is 21.2. The number of carbonyl (C=O) groups excluding carboxylic acids is 1. The Kier molecular flexibility index (Phi) is 7.33. The van der Waals surface area contributed by atoms with E-state index in [9.17, 15) is 4.79 Å². The van der Waals surface area contributed by atoms with E-state index in [-0.39, 0.29) is 6.03 Å². The Bertz CT molecular complexity index is 1300. The molecule has 3 aromatic carbocycles. The molecule has 2 amide bonds. The van der Waals surface area contributed by atoms with E-state index in [1.807, 2.05) is 49.6 Å². The molecule has 1 saturated carbocycles. The maximum absolute atomic E-state index is 12.1. The van der Waals surface area contributed by atoms with Crippen molar-refractivity contribution in [2.75, 3.05) is 32.5 Å². The molecule has 0 radical (unpaired) electrons. The molecule has 1 aliphatic carbocycles. The average Bonchev–Trinajstić information content (AvgIpc) is 3.33. The van der Waals surface area contributed by atoms with E-state index in [0.29, 0.717) is 12.5 Å². The number of imidazole rings is 1. The van der Waals surface area contributed by atoms with Gasteiger partial charge in [0.2, 0.25) is 0 Å². The predicted molar refractivity (Wildman–Crippen MR) is 148 cm³/mol. The van der Waals surface area contributed by atoms with Gasteiger partial charge in [0.25, 0.3) is 0 Å². The lowest BCUT2D eigenvalue weighted by molar-refractivity contribution is 0.250. The number of urea groups is 1. The number of amides is 2. The molecule has 0 spiro atoms. The monoisotopic (exact) mass is 481 g/mol. The number of carbonyl (C=O) groups is 1. The molecule has 1 fully saturated rings. The van der Waals surface area contributed by atoms with Crippen LogP contribution in [-0.4, -0.2) is 47.7 Å². The maximum Gasteiger partial charge on any atom is 0.319 e. The highest BCUT2D eigenvalue weighted by molar-refractivity contribution is 5.90. The van der Waals surface area contributed by atoms with Crippen LogP contribution in [0.2, 0.25) is 0 Å². The molecule has 1 heterocycles. The lowest BCUT2D eigenvalue weighted by Gasteiger charge is -2.22. The highest BCUT2D eigenvalue weighted by atomic mass is 16.2. The zero-order valence-corrected chi connectivity index (χ0v) is 21.2. The second-order valence-corrected chi connectivity index (χ2v) is 10.0. The van der Waals surface area contributed by atoms with Gasteiger partial charge in [-0.2, -0.15) is 0 Å². The van der Waals surface area contributed by atoms with Crippen LogP contribution in [0.3, 0.4) is 0 Å². The molecular formula is C30H35N5O. The topological polar surface area (TPSA) is 62.2 Å². The lowest BCUT2D eigenvalue weighted by Crippen LogP contribution is -2.34. The summed E-state index contributed by atoms with van der Waals surface area (Å²) in [6.45, 7) is 1.41. The van der Waals surface area contributed by atoms with E-state index in [0.717, 1.165) is 40.1 Å². The summed E-state index contributed by atoms with van der Waals surface area (Å²) in [7, 11) is 3.97. The SMILES string of the molecule is CN(C)CCNC(=O)Nc1ccc(-c2ccc3ncn(-c4ccc(C5CCCCC5)cc4)c3c2)cc1. The normalized spacial score (nSPS) is 14.3. The standard InChI is InChI=1S/C30H35N5O/c1-34(2)19-18-31-30(36)33-26-13-8-24(9-14-26)25-12-17-28-29(20-25)35(21-32-28)27-15-10-23(11-16-27)22-6-4-3-5-7-22/h8-17,20-22H,3-7,18-19H2,1-2H3,(H2,31,33,36). The molecule has 2 N–H and O–H groups in total. The summed E-state index contributed by atoms with van der Waals surface area (Å²) in [5, 5.41) is 5.76. The molecule has 0 aliphatic heterocycles. The van der Waals surface area contributed by atoms with Crippen LogP contribution < -0.4 is 10.6 Å². The molecule has 0 saturated heterocycles. The van der Waals surface area contributed by atoms with Crippen LogP contribution in [0.5, 0.6) is 0 Å². The van der Waals surface area contributed by atoms with Gasteiger partial charge in [-0.25, -0.2) is 9.78 Å². The van der Waals surface area contributed by atoms with Gasteiger partial charge in [0, 0.05) is 24.5 Å². The van der Waals surface area contributed by atoms with E-state index in [4.69, 9.17) is 0 Å². The van der Waals surface area contributed by atoms with Crippen LogP contribution in [0.4, 0.5) is 10.5 Å². The molecule has 6 heteroatoms. The largest absolute Gasteiger partial charge is 0.337 e. The molecule has 186 valence electrons. The minimum absolute atomic E-state index is 0.190. The van der Waals surface area contributed by atoms with E-state index in [1.54, 1.807) is 0 Å². The third kappa shape index (κ3) is 5.60. The van der Waals surface area contributed by atoms with E-state index in [2.05, 4.69) is 62.6 Å². The molecule has 4 aromatic rings. The summed E-state index contributed by atoms with van der Waals surface area (Å²) in [4.78, 5) is 18.8. The second kappa shape index (κ2) is 11.0. The fourth-order valence-corrected chi connectivity index (χ4v) is 5.05. The van der Waals surface area contributed by atoms with Crippen molar-refractivity contribution >= 4 is 22.8 Å². The van der Waals surface area contributed by atoms with Crippen LogP contribution >= 0.6 is 0 Å². The summed E-state index contributed by atoms with van der Waals surface area (Å²) >= 11 is 0. The summed E-state index contributed by atoms with van der Waals surface area (Å²) in [6, 6.07) is 23.2. The number of hydrogen-bond acceptors (Lipinski definition) is 3. The van der Waals surface area contributed by atoms with Gasteiger partial charge in [0.15, 0.2) is 0 Å². The number of anilines is 1. The third-order valence-electron chi connectivity index (χ3n) is 7.12. The summed E-state index contributed by atoms with van der Waals surface area (Å²) < 4.78 is 2.16. The third-order valence-corrected chi connectivity index (χ3v) is 7.12.